The number of carbonyl (C=O) groups is 2. The second-order valence-electron chi connectivity index (χ2n) is 5.74. The summed E-state index contributed by atoms with van der Waals surface area (Å²) >= 11 is 5.14. The number of thiophene rings is 1. The van der Waals surface area contributed by atoms with Gasteiger partial charge in [0.1, 0.15) is 12.1 Å². The van der Waals surface area contributed by atoms with Crippen LogP contribution in [-0.2, 0) is 16.0 Å². The van der Waals surface area contributed by atoms with Crippen molar-refractivity contribution in [1.29, 1.82) is 0 Å². The zero-order chi connectivity index (χ0) is 15.0. The van der Waals surface area contributed by atoms with Gasteiger partial charge in [-0.1, -0.05) is 6.92 Å². The highest BCUT2D eigenvalue weighted by Gasteiger charge is 2.46. The van der Waals surface area contributed by atoms with Gasteiger partial charge in [0.15, 0.2) is 0 Å². The van der Waals surface area contributed by atoms with Gasteiger partial charge in [-0.15, -0.1) is 11.3 Å². The lowest BCUT2D eigenvalue weighted by atomic mass is 10.0. The van der Waals surface area contributed by atoms with E-state index in [9.17, 15) is 9.59 Å². The summed E-state index contributed by atoms with van der Waals surface area (Å²) in [5.41, 5.74) is 0. The minimum atomic E-state index is -0.309. The first-order chi connectivity index (χ1) is 10.1. The first-order valence-electron chi connectivity index (χ1n) is 7.45. The smallest absolute Gasteiger partial charge is 0.246 e. The molecule has 1 saturated heterocycles. The van der Waals surface area contributed by atoms with Crippen LogP contribution in [0.1, 0.15) is 31.1 Å². The Hall–Kier alpha value is -0.880. The van der Waals surface area contributed by atoms with Crippen molar-refractivity contribution in [1.82, 2.24) is 10.2 Å². The average Bonchev–Trinajstić information content (AvgIpc) is 3.22. The van der Waals surface area contributed by atoms with E-state index in [0.29, 0.717) is 18.9 Å². The molecule has 1 N–H and O–H groups in total. The zero-order valence-electron chi connectivity index (χ0n) is 12.0. The fraction of sp³-hybridized carbons (Fsp3) is 0.600. The van der Waals surface area contributed by atoms with Crippen LogP contribution >= 0.6 is 27.3 Å². The predicted octanol–water partition coefficient (Wildman–Crippen LogP) is 2.57. The average molecular weight is 371 g/mol. The normalized spacial score (nSPS) is 26.1. The highest BCUT2D eigenvalue weighted by molar-refractivity contribution is 9.11. The first kappa shape index (κ1) is 15.0. The summed E-state index contributed by atoms with van der Waals surface area (Å²) in [5.74, 6) is 0.485. The third kappa shape index (κ3) is 3.16. The summed E-state index contributed by atoms with van der Waals surface area (Å²) in [4.78, 5) is 27.9. The van der Waals surface area contributed by atoms with Gasteiger partial charge in [0.05, 0.1) is 3.79 Å². The Morgan fingerprint density at radius 2 is 2.14 bits per heavy atom. The van der Waals surface area contributed by atoms with E-state index in [1.54, 1.807) is 16.2 Å². The maximum atomic E-state index is 12.7. The maximum absolute atomic E-state index is 12.7. The minimum Gasteiger partial charge on any atom is -0.342 e. The standard InChI is InChI=1S/C15H19BrN2O2S/c1-2-11-14(19)17-13(9-3-4-9)15(20)18(11)8-7-10-5-6-12(16)21-10/h5-6,9,11,13H,2-4,7-8H2,1H3,(H,17,19). The molecule has 2 atom stereocenters. The van der Waals surface area contributed by atoms with Crippen molar-refractivity contribution < 1.29 is 9.59 Å². The number of nitrogens with zero attached hydrogens (tertiary/aromatic N) is 1. The Labute approximate surface area is 137 Å². The minimum absolute atomic E-state index is 0.0151. The number of hydrogen-bond acceptors (Lipinski definition) is 3. The third-order valence-electron chi connectivity index (χ3n) is 4.23. The molecule has 1 aliphatic carbocycles. The molecule has 21 heavy (non-hydrogen) atoms. The molecule has 2 heterocycles. The number of rotatable bonds is 5. The van der Waals surface area contributed by atoms with E-state index >= 15 is 0 Å². The molecular formula is C15H19BrN2O2S. The second-order valence-corrected chi connectivity index (χ2v) is 8.28. The SMILES string of the molecule is CCC1C(=O)NC(C2CC2)C(=O)N1CCc1ccc(Br)s1. The molecule has 2 unspecified atom stereocenters. The van der Waals surface area contributed by atoms with Crippen molar-refractivity contribution in [2.45, 2.75) is 44.7 Å². The van der Waals surface area contributed by atoms with Crippen LogP contribution in [0.25, 0.3) is 0 Å². The maximum Gasteiger partial charge on any atom is 0.246 e. The third-order valence-corrected chi connectivity index (χ3v) is 5.92. The summed E-state index contributed by atoms with van der Waals surface area (Å²) in [6, 6.07) is 3.50. The molecule has 1 saturated carbocycles. The number of halogens is 1. The first-order valence-corrected chi connectivity index (χ1v) is 9.06. The summed E-state index contributed by atoms with van der Waals surface area (Å²) in [7, 11) is 0. The monoisotopic (exact) mass is 370 g/mol. The number of hydrogen-bond donors (Lipinski definition) is 1. The van der Waals surface area contributed by atoms with Crippen LogP contribution in [-0.4, -0.2) is 35.3 Å². The highest BCUT2D eigenvalue weighted by Crippen LogP contribution is 2.35. The molecule has 1 aromatic heterocycles. The fourth-order valence-corrected chi connectivity index (χ4v) is 4.39. The number of carbonyl (C=O) groups excluding carboxylic acids is 2. The summed E-state index contributed by atoms with van der Waals surface area (Å²) in [6.45, 7) is 2.59. The second kappa shape index (κ2) is 6.08. The van der Waals surface area contributed by atoms with E-state index in [4.69, 9.17) is 0 Å². The molecule has 2 aliphatic rings. The molecule has 3 rings (SSSR count). The quantitative estimate of drug-likeness (QED) is 0.865. The van der Waals surface area contributed by atoms with Gasteiger partial charge in [-0.2, -0.15) is 0 Å². The Morgan fingerprint density at radius 3 is 2.71 bits per heavy atom. The van der Waals surface area contributed by atoms with Gasteiger partial charge in [0.25, 0.3) is 0 Å². The molecule has 6 heteroatoms. The van der Waals surface area contributed by atoms with Gasteiger partial charge in [-0.3, -0.25) is 9.59 Å². The van der Waals surface area contributed by atoms with Crippen molar-refractivity contribution in [3.05, 3.63) is 20.8 Å². The number of nitrogens with one attached hydrogen (secondary N) is 1. The summed E-state index contributed by atoms with van der Waals surface area (Å²) in [6.07, 6.45) is 3.59. The van der Waals surface area contributed by atoms with Crippen LogP contribution in [0.3, 0.4) is 0 Å². The molecule has 0 bridgehead atoms. The van der Waals surface area contributed by atoms with Gasteiger partial charge in [0, 0.05) is 11.4 Å². The Bertz CT molecular complexity index is 556. The van der Waals surface area contributed by atoms with Crippen molar-refractivity contribution in [2.75, 3.05) is 6.54 Å². The van der Waals surface area contributed by atoms with Crippen molar-refractivity contribution >= 4 is 39.1 Å². The molecule has 0 radical (unpaired) electrons. The Morgan fingerprint density at radius 1 is 1.38 bits per heavy atom. The van der Waals surface area contributed by atoms with Gasteiger partial charge < -0.3 is 10.2 Å². The number of piperazine rings is 1. The van der Waals surface area contributed by atoms with Gasteiger partial charge >= 0.3 is 0 Å². The van der Waals surface area contributed by atoms with Crippen LogP contribution in [0.2, 0.25) is 0 Å². The molecule has 4 nitrogen and oxygen atoms in total. The van der Waals surface area contributed by atoms with E-state index < -0.39 is 0 Å². The van der Waals surface area contributed by atoms with E-state index in [0.717, 1.165) is 23.0 Å². The lowest BCUT2D eigenvalue weighted by Crippen LogP contribution is -2.64. The van der Waals surface area contributed by atoms with Gasteiger partial charge in [-0.25, -0.2) is 0 Å². The van der Waals surface area contributed by atoms with Crippen molar-refractivity contribution in [3.8, 4) is 0 Å². The Kier molecular flexibility index (Phi) is 4.36. The molecular weight excluding hydrogens is 352 g/mol. The van der Waals surface area contributed by atoms with Crippen molar-refractivity contribution in [3.63, 3.8) is 0 Å². The van der Waals surface area contributed by atoms with E-state index in [1.165, 1.54) is 4.88 Å². The topological polar surface area (TPSA) is 49.4 Å². The molecule has 0 aromatic carbocycles. The zero-order valence-corrected chi connectivity index (χ0v) is 14.4. The fourth-order valence-electron chi connectivity index (χ4n) is 2.92. The lowest BCUT2D eigenvalue weighted by Gasteiger charge is -2.38. The van der Waals surface area contributed by atoms with Crippen LogP contribution in [0, 0.1) is 5.92 Å². The van der Waals surface area contributed by atoms with Crippen LogP contribution in [0.5, 0.6) is 0 Å². The molecule has 2 amide bonds. The van der Waals surface area contributed by atoms with Crippen LogP contribution < -0.4 is 5.32 Å². The lowest BCUT2D eigenvalue weighted by molar-refractivity contribution is -0.150. The van der Waals surface area contributed by atoms with Crippen molar-refractivity contribution in [2.24, 2.45) is 5.92 Å². The van der Waals surface area contributed by atoms with Gasteiger partial charge in [-0.05, 0) is 59.7 Å². The van der Waals surface area contributed by atoms with Crippen LogP contribution in [0.15, 0.2) is 15.9 Å². The number of amides is 2. The van der Waals surface area contributed by atoms with E-state index in [2.05, 4.69) is 27.3 Å². The predicted molar refractivity (Wildman–Crippen MR) is 86.2 cm³/mol. The van der Waals surface area contributed by atoms with E-state index in [1.807, 2.05) is 13.0 Å². The van der Waals surface area contributed by atoms with Crippen LogP contribution in [0.4, 0.5) is 0 Å². The summed E-state index contributed by atoms with van der Waals surface area (Å²) in [5, 5.41) is 2.93. The molecule has 1 aliphatic heterocycles. The highest BCUT2D eigenvalue weighted by atomic mass is 79.9. The Balaban J connectivity index is 1.71. The van der Waals surface area contributed by atoms with E-state index in [-0.39, 0.29) is 23.9 Å². The molecule has 114 valence electrons. The van der Waals surface area contributed by atoms with Gasteiger partial charge in [0.2, 0.25) is 11.8 Å². The molecule has 2 fully saturated rings. The molecule has 0 spiro atoms. The summed E-state index contributed by atoms with van der Waals surface area (Å²) < 4.78 is 1.10. The largest absolute Gasteiger partial charge is 0.342 e. The molecule has 1 aromatic rings.